The fraction of sp³-hybridized carbons (Fsp3) is 0.400. The van der Waals surface area contributed by atoms with Gasteiger partial charge in [0.1, 0.15) is 11.4 Å². The van der Waals surface area contributed by atoms with E-state index in [1.807, 2.05) is 46.7 Å². The summed E-state index contributed by atoms with van der Waals surface area (Å²) in [6.45, 7) is 3.39. The third-order valence-electron chi connectivity index (χ3n) is 6.86. The van der Waals surface area contributed by atoms with E-state index in [4.69, 9.17) is 4.74 Å². The van der Waals surface area contributed by atoms with Crippen molar-refractivity contribution >= 4 is 17.2 Å². The molecule has 3 aromatic rings. The highest BCUT2D eigenvalue weighted by Crippen LogP contribution is 2.50. The van der Waals surface area contributed by atoms with E-state index in [1.165, 1.54) is 0 Å². The van der Waals surface area contributed by atoms with E-state index in [0.717, 1.165) is 41.1 Å². The predicted molar refractivity (Wildman–Crippen MR) is 125 cm³/mol. The van der Waals surface area contributed by atoms with Crippen molar-refractivity contribution in [2.75, 3.05) is 20.2 Å². The maximum absolute atomic E-state index is 13.5. The largest absolute Gasteiger partial charge is 0.497 e. The van der Waals surface area contributed by atoms with Crippen LogP contribution in [0.1, 0.15) is 37.8 Å². The quantitative estimate of drug-likeness (QED) is 0.588. The molecule has 1 aromatic carbocycles. The minimum Gasteiger partial charge on any atom is -0.497 e. The summed E-state index contributed by atoms with van der Waals surface area (Å²) in [5.74, 6) is 1.15. The summed E-state index contributed by atoms with van der Waals surface area (Å²) in [6, 6.07) is 15.3. The van der Waals surface area contributed by atoms with Crippen molar-refractivity contribution in [2.24, 2.45) is 5.92 Å². The van der Waals surface area contributed by atoms with E-state index in [0.29, 0.717) is 13.1 Å². The zero-order valence-corrected chi connectivity index (χ0v) is 19.2. The molecule has 166 valence electrons. The van der Waals surface area contributed by atoms with Gasteiger partial charge in [0.25, 0.3) is 5.56 Å². The summed E-state index contributed by atoms with van der Waals surface area (Å²) in [5, 5.41) is 6.69. The third-order valence-corrected chi connectivity index (χ3v) is 7.75. The second-order valence-corrected chi connectivity index (χ2v) is 9.82. The number of carbonyl (C=O) groups excluding carboxylic acids is 1. The lowest BCUT2D eigenvalue weighted by Crippen LogP contribution is -2.49. The molecule has 2 fully saturated rings. The molecule has 1 aliphatic heterocycles. The number of methoxy groups -OCH3 is 1. The van der Waals surface area contributed by atoms with Crippen LogP contribution in [0.5, 0.6) is 5.75 Å². The molecule has 0 N–H and O–H groups in total. The lowest BCUT2D eigenvalue weighted by Gasteiger charge is -2.39. The number of nitrogens with zero attached hydrogens (tertiary/aromatic N) is 3. The number of hydrogen-bond donors (Lipinski definition) is 0. The van der Waals surface area contributed by atoms with Crippen LogP contribution in [0.2, 0.25) is 0 Å². The van der Waals surface area contributed by atoms with Gasteiger partial charge < -0.3 is 9.64 Å². The van der Waals surface area contributed by atoms with Crippen LogP contribution < -0.4 is 10.3 Å². The molecule has 7 heteroatoms. The molecular weight excluding hydrogens is 422 g/mol. The van der Waals surface area contributed by atoms with Crippen molar-refractivity contribution in [3.05, 3.63) is 69.8 Å². The molecule has 1 aliphatic carbocycles. The predicted octanol–water partition coefficient (Wildman–Crippen LogP) is 4.12. The van der Waals surface area contributed by atoms with Gasteiger partial charge in [-0.15, -0.1) is 11.3 Å². The minimum atomic E-state index is -0.396. The molecule has 32 heavy (non-hydrogen) atoms. The fourth-order valence-corrected chi connectivity index (χ4v) is 5.55. The standard InChI is InChI=1S/C25H27N3O3S/c1-17-16-27(24(30)25(12-13-25)18-5-7-19(31-2)8-6-18)14-11-21(17)28-23(29)10-9-20(26-28)22-4-3-15-32-22/h3-10,15,17,21H,11-14,16H2,1-2H3/t17-,21-/m1/s1. The Morgan fingerprint density at radius 2 is 1.94 bits per heavy atom. The Hall–Kier alpha value is -2.93. The van der Waals surface area contributed by atoms with Crippen LogP contribution in [0.4, 0.5) is 0 Å². The molecule has 2 aliphatic rings. The van der Waals surface area contributed by atoms with Gasteiger partial charge in [-0.2, -0.15) is 5.10 Å². The molecular formula is C25H27N3O3S. The van der Waals surface area contributed by atoms with Crippen molar-refractivity contribution in [3.63, 3.8) is 0 Å². The first-order valence-corrected chi connectivity index (χ1v) is 12.0. The molecule has 0 bridgehead atoms. The first kappa shape index (κ1) is 20.9. The average Bonchev–Trinajstić information content (AvgIpc) is 3.45. The van der Waals surface area contributed by atoms with E-state index in [9.17, 15) is 9.59 Å². The van der Waals surface area contributed by atoms with Crippen molar-refractivity contribution in [1.82, 2.24) is 14.7 Å². The first-order chi connectivity index (χ1) is 15.5. The number of likely N-dealkylation sites (tertiary alicyclic amines) is 1. The number of amides is 1. The Balaban J connectivity index is 1.33. The van der Waals surface area contributed by atoms with Gasteiger partial charge in [-0.05, 0) is 60.4 Å². The van der Waals surface area contributed by atoms with Crippen molar-refractivity contribution in [1.29, 1.82) is 0 Å². The molecule has 0 spiro atoms. The molecule has 2 atom stereocenters. The number of carbonyl (C=O) groups is 1. The van der Waals surface area contributed by atoms with Crippen LogP contribution in [0.25, 0.3) is 10.6 Å². The molecule has 2 aromatic heterocycles. The number of ether oxygens (including phenoxy) is 1. The normalized spacial score (nSPS) is 21.9. The van der Waals surface area contributed by atoms with E-state index < -0.39 is 5.41 Å². The van der Waals surface area contributed by atoms with Crippen LogP contribution >= 0.6 is 11.3 Å². The topological polar surface area (TPSA) is 64.4 Å². The zero-order chi connectivity index (χ0) is 22.3. The molecule has 5 rings (SSSR count). The van der Waals surface area contributed by atoms with Crippen molar-refractivity contribution in [2.45, 2.75) is 37.6 Å². The van der Waals surface area contributed by atoms with Crippen molar-refractivity contribution in [3.8, 4) is 16.3 Å². The Morgan fingerprint density at radius 1 is 1.16 bits per heavy atom. The highest BCUT2D eigenvalue weighted by Gasteiger charge is 2.53. The fourth-order valence-electron chi connectivity index (χ4n) is 4.86. The lowest BCUT2D eigenvalue weighted by molar-refractivity contribution is -0.136. The molecule has 1 saturated carbocycles. The van der Waals surface area contributed by atoms with Crippen LogP contribution in [0, 0.1) is 5.92 Å². The molecule has 0 unspecified atom stereocenters. The smallest absolute Gasteiger partial charge is 0.267 e. The summed E-state index contributed by atoms with van der Waals surface area (Å²) >= 11 is 1.61. The SMILES string of the molecule is COc1ccc(C2(C(=O)N3CC[C@@H](n4nc(-c5cccs5)ccc4=O)[C@H](C)C3)CC2)cc1. The van der Waals surface area contributed by atoms with Crippen LogP contribution in [0.15, 0.2) is 58.7 Å². The van der Waals surface area contributed by atoms with Gasteiger partial charge in [0.2, 0.25) is 5.91 Å². The molecule has 1 amide bonds. The van der Waals surface area contributed by atoms with Gasteiger partial charge in [-0.25, -0.2) is 4.68 Å². The molecule has 0 radical (unpaired) electrons. The lowest BCUT2D eigenvalue weighted by atomic mass is 9.89. The van der Waals surface area contributed by atoms with Gasteiger partial charge in [0.15, 0.2) is 0 Å². The number of thiophene rings is 1. The summed E-state index contributed by atoms with van der Waals surface area (Å²) in [4.78, 5) is 29.2. The average molecular weight is 450 g/mol. The Kier molecular flexibility index (Phi) is 5.37. The maximum atomic E-state index is 13.5. The molecule has 3 heterocycles. The van der Waals surface area contributed by atoms with Crippen LogP contribution in [-0.4, -0.2) is 40.8 Å². The Bertz CT molecular complexity index is 1170. The molecule has 6 nitrogen and oxygen atoms in total. The number of piperidine rings is 1. The number of benzene rings is 1. The van der Waals surface area contributed by atoms with Gasteiger partial charge in [0.05, 0.1) is 23.4 Å². The highest BCUT2D eigenvalue weighted by atomic mass is 32.1. The summed E-state index contributed by atoms with van der Waals surface area (Å²) in [6.07, 6.45) is 2.50. The Labute approximate surface area is 191 Å². The van der Waals surface area contributed by atoms with Gasteiger partial charge in [-0.3, -0.25) is 9.59 Å². The van der Waals surface area contributed by atoms with E-state index in [1.54, 1.807) is 35.3 Å². The monoisotopic (exact) mass is 449 g/mol. The second-order valence-electron chi connectivity index (χ2n) is 8.87. The summed E-state index contributed by atoms with van der Waals surface area (Å²) < 4.78 is 6.90. The second kappa shape index (κ2) is 8.20. The zero-order valence-electron chi connectivity index (χ0n) is 18.4. The highest BCUT2D eigenvalue weighted by molar-refractivity contribution is 7.13. The number of aromatic nitrogens is 2. The molecule has 1 saturated heterocycles. The summed E-state index contributed by atoms with van der Waals surface area (Å²) in [7, 11) is 1.65. The van der Waals surface area contributed by atoms with Crippen LogP contribution in [-0.2, 0) is 10.2 Å². The number of rotatable bonds is 5. The van der Waals surface area contributed by atoms with E-state index >= 15 is 0 Å². The van der Waals surface area contributed by atoms with Crippen molar-refractivity contribution < 1.29 is 9.53 Å². The van der Waals surface area contributed by atoms with E-state index in [2.05, 4.69) is 12.0 Å². The summed E-state index contributed by atoms with van der Waals surface area (Å²) in [5.41, 5.74) is 1.41. The minimum absolute atomic E-state index is 0.0115. The van der Waals surface area contributed by atoms with Gasteiger partial charge in [-0.1, -0.05) is 25.1 Å². The third kappa shape index (κ3) is 3.64. The van der Waals surface area contributed by atoms with Gasteiger partial charge >= 0.3 is 0 Å². The first-order valence-electron chi connectivity index (χ1n) is 11.1. The Morgan fingerprint density at radius 3 is 2.56 bits per heavy atom. The van der Waals surface area contributed by atoms with Gasteiger partial charge in [0, 0.05) is 19.2 Å². The number of hydrogen-bond acceptors (Lipinski definition) is 5. The van der Waals surface area contributed by atoms with E-state index in [-0.39, 0.29) is 23.4 Å². The van der Waals surface area contributed by atoms with Crippen LogP contribution in [0.3, 0.4) is 0 Å². The maximum Gasteiger partial charge on any atom is 0.267 e.